The zero-order valence-corrected chi connectivity index (χ0v) is 13.0. The molecule has 4 nitrogen and oxygen atoms in total. The van der Waals surface area contributed by atoms with Gasteiger partial charge in [-0.1, -0.05) is 32.1 Å². The summed E-state index contributed by atoms with van der Waals surface area (Å²) < 4.78 is 0. The van der Waals surface area contributed by atoms with Crippen molar-refractivity contribution >= 4 is 5.91 Å². The molecular formula is C16H30N2O2. The molecule has 0 aromatic heterocycles. The van der Waals surface area contributed by atoms with E-state index in [0.29, 0.717) is 12.6 Å². The first kappa shape index (κ1) is 15.8. The second kappa shape index (κ2) is 6.90. The van der Waals surface area contributed by atoms with Crippen molar-refractivity contribution in [2.45, 2.75) is 82.4 Å². The molecule has 1 atom stereocenters. The van der Waals surface area contributed by atoms with Crippen molar-refractivity contribution in [1.82, 2.24) is 10.2 Å². The van der Waals surface area contributed by atoms with Crippen LogP contribution in [0.5, 0.6) is 0 Å². The number of nitrogens with one attached hydrogen (secondary N) is 1. The first-order valence-corrected chi connectivity index (χ1v) is 8.23. The molecule has 2 rings (SSSR count). The first-order valence-electron chi connectivity index (χ1n) is 8.23. The van der Waals surface area contributed by atoms with Gasteiger partial charge >= 0.3 is 0 Å². The molecule has 0 radical (unpaired) electrons. The highest BCUT2D eigenvalue weighted by atomic mass is 16.3. The summed E-state index contributed by atoms with van der Waals surface area (Å²) in [6.45, 7) is 2.54. The average Bonchev–Trinajstić information content (AvgIpc) is 2.85. The van der Waals surface area contributed by atoms with E-state index >= 15 is 0 Å². The average molecular weight is 282 g/mol. The molecule has 2 aliphatic carbocycles. The Balaban J connectivity index is 1.79. The van der Waals surface area contributed by atoms with Crippen molar-refractivity contribution in [2.24, 2.45) is 0 Å². The van der Waals surface area contributed by atoms with Crippen LogP contribution in [0.15, 0.2) is 0 Å². The van der Waals surface area contributed by atoms with Crippen molar-refractivity contribution < 1.29 is 9.90 Å². The number of nitrogens with zero attached hydrogens (tertiary/aromatic N) is 1. The van der Waals surface area contributed by atoms with Crippen LogP contribution in [-0.4, -0.2) is 47.2 Å². The van der Waals surface area contributed by atoms with Crippen molar-refractivity contribution in [2.75, 3.05) is 13.6 Å². The molecule has 0 bridgehead atoms. The van der Waals surface area contributed by atoms with Crippen LogP contribution in [0.1, 0.15) is 64.7 Å². The lowest BCUT2D eigenvalue weighted by atomic mass is 9.95. The highest BCUT2D eigenvalue weighted by molar-refractivity contribution is 5.81. The number of aliphatic hydroxyl groups is 1. The van der Waals surface area contributed by atoms with E-state index in [-0.39, 0.29) is 11.9 Å². The van der Waals surface area contributed by atoms with Crippen LogP contribution >= 0.6 is 0 Å². The minimum atomic E-state index is -0.575. The minimum absolute atomic E-state index is 0.112. The Bertz CT molecular complexity index is 320. The molecule has 1 unspecified atom stereocenters. The summed E-state index contributed by atoms with van der Waals surface area (Å²) in [7, 11) is 1.95. The normalized spacial score (nSPS) is 24.8. The Morgan fingerprint density at radius 2 is 1.85 bits per heavy atom. The SMILES string of the molecule is CC(C(=O)NC1CCCCC1)N(C)CC1(O)CCCC1. The molecule has 1 amide bonds. The maximum Gasteiger partial charge on any atom is 0.237 e. The molecule has 0 aromatic carbocycles. The van der Waals surface area contributed by atoms with E-state index in [0.717, 1.165) is 38.5 Å². The number of carbonyl (C=O) groups excluding carboxylic acids is 1. The molecule has 0 saturated heterocycles. The van der Waals surface area contributed by atoms with Crippen LogP contribution in [0.3, 0.4) is 0 Å². The summed E-state index contributed by atoms with van der Waals surface area (Å²) in [5, 5.41) is 13.6. The van der Waals surface area contributed by atoms with E-state index < -0.39 is 5.60 Å². The number of rotatable bonds is 5. The van der Waals surface area contributed by atoms with E-state index in [1.165, 1.54) is 19.3 Å². The van der Waals surface area contributed by atoms with Gasteiger partial charge in [0.25, 0.3) is 0 Å². The molecule has 0 spiro atoms. The monoisotopic (exact) mass is 282 g/mol. The van der Waals surface area contributed by atoms with Crippen LogP contribution < -0.4 is 5.32 Å². The van der Waals surface area contributed by atoms with E-state index in [9.17, 15) is 9.90 Å². The summed E-state index contributed by atoms with van der Waals surface area (Å²) >= 11 is 0. The summed E-state index contributed by atoms with van der Waals surface area (Å²) in [6.07, 6.45) is 9.94. The maximum atomic E-state index is 12.3. The largest absolute Gasteiger partial charge is 0.389 e. The second-order valence-electron chi connectivity index (χ2n) is 6.87. The van der Waals surface area contributed by atoms with Crippen LogP contribution in [0.25, 0.3) is 0 Å². The summed E-state index contributed by atoms with van der Waals surface area (Å²) in [5.74, 6) is 0.112. The van der Waals surface area contributed by atoms with Crippen molar-refractivity contribution in [3.63, 3.8) is 0 Å². The predicted molar refractivity (Wildman–Crippen MR) is 80.5 cm³/mol. The number of hydrogen-bond acceptors (Lipinski definition) is 3. The van der Waals surface area contributed by atoms with E-state index in [4.69, 9.17) is 0 Å². The molecule has 2 aliphatic rings. The Kier molecular flexibility index (Phi) is 5.44. The highest BCUT2D eigenvalue weighted by Crippen LogP contribution is 2.30. The fraction of sp³-hybridized carbons (Fsp3) is 0.938. The molecule has 0 aromatic rings. The van der Waals surface area contributed by atoms with Crippen molar-refractivity contribution in [1.29, 1.82) is 0 Å². The predicted octanol–water partition coefficient (Wildman–Crippen LogP) is 2.06. The van der Waals surface area contributed by atoms with Crippen LogP contribution in [-0.2, 0) is 4.79 Å². The maximum absolute atomic E-state index is 12.3. The summed E-state index contributed by atoms with van der Waals surface area (Å²) in [4.78, 5) is 14.3. The zero-order chi connectivity index (χ0) is 14.6. The van der Waals surface area contributed by atoms with Gasteiger partial charge in [0, 0.05) is 12.6 Å². The lowest BCUT2D eigenvalue weighted by molar-refractivity contribution is -0.127. The van der Waals surface area contributed by atoms with Gasteiger partial charge in [-0.15, -0.1) is 0 Å². The second-order valence-corrected chi connectivity index (χ2v) is 6.87. The van der Waals surface area contributed by atoms with Gasteiger partial charge < -0.3 is 10.4 Å². The summed E-state index contributed by atoms with van der Waals surface area (Å²) in [5.41, 5.74) is -0.575. The third-order valence-electron chi connectivity index (χ3n) is 5.07. The van der Waals surface area contributed by atoms with E-state index in [1.807, 2.05) is 18.9 Å². The standard InChI is InChI=1S/C16H30N2O2/c1-13(15(19)17-14-8-4-3-5-9-14)18(2)12-16(20)10-6-7-11-16/h13-14,20H,3-12H2,1-2H3,(H,17,19). The fourth-order valence-corrected chi connectivity index (χ4v) is 3.56. The first-order chi connectivity index (χ1) is 9.50. The molecule has 2 fully saturated rings. The van der Waals surface area contributed by atoms with Gasteiger partial charge in [-0.25, -0.2) is 0 Å². The topological polar surface area (TPSA) is 52.6 Å². The van der Waals surface area contributed by atoms with E-state index in [1.54, 1.807) is 0 Å². The third kappa shape index (κ3) is 4.19. The molecule has 0 heterocycles. The fourth-order valence-electron chi connectivity index (χ4n) is 3.56. The smallest absolute Gasteiger partial charge is 0.237 e. The number of likely N-dealkylation sites (N-methyl/N-ethyl adjacent to an activating group) is 1. The molecule has 4 heteroatoms. The lowest BCUT2D eigenvalue weighted by Gasteiger charge is -2.33. The zero-order valence-electron chi connectivity index (χ0n) is 13.0. The van der Waals surface area contributed by atoms with Crippen molar-refractivity contribution in [3.8, 4) is 0 Å². The molecule has 20 heavy (non-hydrogen) atoms. The number of amides is 1. The van der Waals surface area contributed by atoms with Gasteiger partial charge in [-0.05, 0) is 39.7 Å². The lowest BCUT2D eigenvalue weighted by Crippen LogP contribution is -2.51. The Morgan fingerprint density at radius 1 is 1.25 bits per heavy atom. The Hall–Kier alpha value is -0.610. The van der Waals surface area contributed by atoms with Gasteiger partial charge in [0.1, 0.15) is 0 Å². The van der Waals surface area contributed by atoms with Crippen LogP contribution in [0, 0.1) is 0 Å². The Morgan fingerprint density at radius 3 is 2.45 bits per heavy atom. The molecule has 116 valence electrons. The number of hydrogen-bond donors (Lipinski definition) is 2. The molecule has 0 aliphatic heterocycles. The minimum Gasteiger partial charge on any atom is -0.389 e. The molecule has 2 saturated carbocycles. The highest BCUT2D eigenvalue weighted by Gasteiger charge is 2.34. The van der Waals surface area contributed by atoms with Gasteiger partial charge in [-0.2, -0.15) is 0 Å². The molecular weight excluding hydrogens is 252 g/mol. The summed E-state index contributed by atoms with van der Waals surface area (Å²) in [6, 6.07) is 0.197. The Labute approximate surface area is 122 Å². The van der Waals surface area contributed by atoms with Gasteiger partial charge in [-0.3, -0.25) is 9.69 Å². The van der Waals surface area contributed by atoms with E-state index in [2.05, 4.69) is 5.32 Å². The quantitative estimate of drug-likeness (QED) is 0.811. The van der Waals surface area contributed by atoms with Crippen LogP contribution in [0.2, 0.25) is 0 Å². The number of carbonyl (C=O) groups is 1. The van der Waals surface area contributed by atoms with Crippen LogP contribution in [0.4, 0.5) is 0 Å². The third-order valence-corrected chi connectivity index (χ3v) is 5.07. The van der Waals surface area contributed by atoms with Crippen molar-refractivity contribution in [3.05, 3.63) is 0 Å². The van der Waals surface area contributed by atoms with Gasteiger partial charge in [0.15, 0.2) is 0 Å². The van der Waals surface area contributed by atoms with Gasteiger partial charge in [0.05, 0.1) is 11.6 Å². The molecule has 2 N–H and O–H groups in total. The van der Waals surface area contributed by atoms with Gasteiger partial charge in [0.2, 0.25) is 5.91 Å².